The molecule has 0 bridgehead atoms. The van der Waals surface area contributed by atoms with Crippen molar-refractivity contribution in [2.75, 3.05) is 26.2 Å². The van der Waals surface area contributed by atoms with E-state index in [9.17, 15) is 9.90 Å². The maximum Gasteiger partial charge on any atom is 0.223 e. The van der Waals surface area contributed by atoms with Gasteiger partial charge in [-0.1, -0.05) is 31.2 Å². The van der Waals surface area contributed by atoms with E-state index in [0.29, 0.717) is 19.7 Å². The molecule has 1 fully saturated rings. The number of carbonyl (C=O) groups excluding carboxylic acids is 1. The van der Waals surface area contributed by atoms with Gasteiger partial charge in [-0.15, -0.1) is 0 Å². The van der Waals surface area contributed by atoms with Crippen LogP contribution < -0.4 is 5.32 Å². The molecule has 1 aromatic carbocycles. The number of β-amino-alcohol motifs (C(OH)–C–C–N with tert-alkyl or cyclic N) is 1. The van der Waals surface area contributed by atoms with Crippen LogP contribution in [0, 0.1) is 5.92 Å². The van der Waals surface area contributed by atoms with Crippen LogP contribution in [0.5, 0.6) is 0 Å². The second kappa shape index (κ2) is 8.79. The number of nitrogens with one attached hydrogen (secondary N) is 1. The largest absolute Gasteiger partial charge is 0.390 e. The molecule has 138 valence electrons. The van der Waals surface area contributed by atoms with Gasteiger partial charge in [0, 0.05) is 38.7 Å². The Bertz CT molecular complexity index is 578. The monoisotopic (exact) mass is 346 g/mol. The van der Waals surface area contributed by atoms with Crippen LogP contribution in [0.25, 0.3) is 0 Å². The first-order valence-electron chi connectivity index (χ1n) is 9.52. The SMILES string of the molecule is CC[C@@H]1C[C@@H](C(=O)NC[C@@H](O)CN2CCc3ccccc3C2)CCO1. The lowest BCUT2D eigenvalue weighted by Gasteiger charge is -2.31. The minimum atomic E-state index is -0.531. The van der Waals surface area contributed by atoms with Crippen LogP contribution in [0.2, 0.25) is 0 Å². The van der Waals surface area contributed by atoms with Gasteiger partial charge >= 0.3 is 0 Å². The normalized spacial score (nSPS) is 25.2. The number of nitrogens with zero attached hydrogens (tertiary/aromatic N) is 1. The van der Waals surface area contributed by atoms with Crippen molar-refractivity contribution in [2.45, 2.75) is 51.4 Å². The number of fused-ring (bicyclic) bond motifs is 1. The first kappa shape index (κ1) is 18.4. The van der Waals surface area contributed by atoms with Crippen molar-refractivity contribution >= 4 is 5.91 Å². The van der Waals surface area contributed by atoms with Crippen LogP contribution in [-0.2, 0) is 22.5 Å². The first-order chi connectivity index (χ1) is 12.2. The third kappa shape index (κ3) is 5.03. The van der Waals surface area contributed by atoms with E-state index >= 15 is 0 Å². The molecule has 0 unspecified atom stereocenters. The van der Waals surface area contributed by atoms with Gasteiger partial charge in [0.15, 0.2) is 0 Å². The molecule has 0 radical (unpaired) electrons. The Kier molecular flexibility index (Phi) is 6.45. The van der Waals surface area contributed by atoms with Gasteiger partial charge in [-0.05, 0) is 36.8 Å². The standard InChI is InChI=1S/C20H30N2O3/c1-2-19-11-16(8-10-25-19)20(24)21-12-18(23)14-22-9-7-15-5-3-4-6-17(15)13-22/h3-6,16,18-19,23H,2,7-14H2,1H3,(H,21,24)/t16-,18+,19+/m0/s1. The van der Waals surface area contributed by atoms with Crippen molar-refractivity contribution in [3.8, 4) is 0 Å². The molecule has 1 aromatic rings. The molecular formula is C20H30N2O3. The van der Waals surface area contributed by atoms with Crippen LogP contribution in [0.3, 0.4) is 0 Å². The van der Waals surface area contributed by atoms with Crippen molar-refractivity contribution in [3.63, 3.8) is 0 Å². The van der Waals surface area contributed by atoms with Gasteiger partial charge in [-0.3, -0.25) is 9.69 Å². The number of aliphatic hydroxyl groups is 1. The van der Waals surface area contributed by atoms with E-state index in [1.165, 1.54) is 11.1 Å². The quantitative estimate of drug-likeness (QED) is 0.823. The summed E-state index contributed by atoms with van der Waals surface area (Å²) in [4.78, 5) is 14.6. The van der Waals surface area contributed by atoms with Gasteiger partial charge in [0.25, 0.3) is 0 Å². The highest BCUT2D eigenvalue weighted by Crippen LogP contribution is 2.22. The molecule has 0 spiro atoms. The lowest BCUT2D eigenvalue weighted by molar-refractivity contribution is -0.130. The van der Waals surface area contributed by atoms with Crippen LogP contribution >= 0.6 is 0 Å². The third-order valence-electron chi connectivity index (χ3n) is 5.38. The molecule has 0 saturated carbocycles. The van der Waals surface area contributed by atoms with E-state index in [1.807, 2.05) is 0 Å². The van der Waals surface area contributed by atoms with Gasteiger partial charge in [0.1, 0.15) is 0 Å². The summed E-state index contributed by atoms with van der Waals surface area (Å²) >= 11 is 0. The second-order valence-corrected chi connectivity index (χ2v) is 7.28. The van der Waals surface area contributed by atoms with Gasteiger partial charge in [-0.2, -0.15) is 0 Å². The fraction of sp³-hybridized carbons (Fsp3) is 0.650. The Balaban J connectivity index is 1.41. The van der Waals surface area contributed by atoms with Crippen LogP contribution in [-0.4, -0.2) is 54.4 Å². The number of amides is 1. The third-order valence-corrected chi connectivity index (χ3v) is 5.38. The molecule has 3 atom stereocenters. The second-order valence-electron chi connectivity index (χ2n) is 7.28. The molecule has 2 aliphatic heterocycles. The zero-order valence-electron chi connectivity index (χ0n) is 15.1. The molecule has 5 nitrogen and oxygen atoms in total. The van der Waals surface area contributed by atoms with Crippen molar-refractivity contribution in [1.29, 1.82) is 0 Å². The summed E-state index contributed by atoms with van der Waals surface area (Å²) in [6.07, 6.45) is 3.21. The molecule has 2 N–H and O–H groups in total. The molecular weight excluding hydrogens is 316 g/mol. The van der Waals surface area contributed by atoms with E-state index in [-0.39, 0.29) is 17.9 Å². The zero-order valence-corrected chi connectivity index (χ0v) is 15.1. The molecule has 3 rings (SSSR count). The molecule has 1 saturated heterocycles. The first-order valence-corrected chi connectivity index (χ1v) is 9.52. The van der Waals surface area contributed by atoms with E-state index in [1.54, 1.807) is 0 Å². The Labute approximate surface area is 150 Å². The fourth-order valence-electron chi connectivity index (χ4n) is 3.84. The van der Waals surface area contributed by atoms with Crippen LogP contribution in [0.15, 0.2) is 24.3 Å². The number of rotatable bonds is 6. The minimum absolute atomic E-state index is 0.0211. The Morgan fingerprint density at radius 3 is 3.00 bits per heavy atom. The summed E-state index contributed by atoms with van der Waals surface area (Å²) in [5.74, 6) is 0.0811. The van der Waals surface area contributed by atoms with Crippen LogP contribution in [0.1, 0.15) is 37.3 Å². The number of hydrogen-bond acceptors (Lipinski definition) is 4. The van der Waals surface area contributed by atoms with Crippen LogP contribution in [0.4, 0.5) is 0 Å². The van der Waals surface area contributed by atoms with Gasteiger partial charge in [0.05, 0.1) is 12.2 Å². The maximum absolute atomic E-state index is 12.3. The number of aliphatic hydroxyl groups excluding tert-OH is 1. The molecule has 0 aromatic heterocycles. The number of benzene rings is 1. The lowest BCUT2D eigenvalue weighted by Crippen LogP contribution is -2.44. The topological polar surface area (TPSA) is 61.8 Å². The van der Waals surface area contributed by atoms with Gasteiger partial charge in [-0.25, -0.2) is 0 Å². The Hall–Kier alpha value is -1.43. The van der Waals surface area contributed by atoms with Crippen molar-refractivity contribution in [2.24, 2.45) is 5.92 Å². The summed E-state index contributed by atoms with van der Waals surface area (Å²) < 4.78 is 5.63. The number of ether oxygens (including phenoxy) is 1. The highest BCUT2D eigenvalue weighted by molar-refractivity contribution is 5.78. The zero-order chi connectivity index (χ0) is 17.6. The molecule has 5 heteroatoms. The molecule has 1 amide bonds. The highest BCUT2D eigenvalue weighted by atomic mass is 16.5. The van der Waals surface area contributed by atoms with Gasteiger partial charge in [0.2, 0.25) is 5.91 Å². The number of hydrogen-bond donors (Lipinski definition) is 2. The minimum Gasteiger partial charge on any atom is -0.390 e. The Morgan fingerprint density at radius 2 is 2.20 bits per heavy atom. The van der Waals surface area contributed by atoms with E-state index in [0.717, 1.165) is 38.8 Å². The van der Waals surface area contributed by atoms with Crippen molar-refractivity contribution in [3.05, 3.63) is 35.4 Å². The predicted octanol–water partition coefficient (Wildman–Crippen LogP) is 1.73. The van der Waals surface area contributed by atoms with Gasteiger partial charge < -0.3 is 15.2 Å². The average Bonchev–Trinajstić information content (AvgIpc) is 2.66. The average molecular weight is 346 g/mol. The number of carbonyl (C=O) groups is 1. The van der Waals surface area contributed by atoms with Crippen molar-refractivity contribution in [1.82, 2.24) is 10.2 Å². The lowest BCUT2D eigenvalue weighted by atomic mass is 9.93. The van der Waals surface area contributed by atoms with Crippen molar-refractivity contribution < 1.29 is 14.6 Å². The summed E-state index contributed by atoms with van der Waals surface area (Å²) in [6, 6.07) is 8.49. The maximum atomic E-state index is 12.3. The molecule has 2 heterocycles. The fourth-order valence-corrected chi connectivity index (χ4v) is 3.84. The molecule has 25 heavy (non-hydrogen) atoms. The predicted molar refractivity (Wildman–Crippen MR) is 97.2 cm³/mol. The summed E-state index contributed by atoms with van der Waals surface area (Å²) in [5, 5.41) is 13.2. The summed E-state index contributed by atoms with van der Waals surface area (Å²) in [7, 11) is 0. The summed E-state index contributed by atoms with van der Waals surface area (Å²) in [6.45, 7) is 5.50. The summed E-state index contributed by atoms with van der Waals surface area (Å²) in [5.41, 5.74) is 2.75. The molecule has 2 aliphatic rings. The highest BCUT2D eigenvalue weighted by Gasteiger charge is 2.27. The smallest absolute Gasteiger partial charge is 0.223 e. The van der Waals surface area contributed by atoms with E-state index in [2.05, 4.69) is 41.4 Å². The molecule has 0 aliphatic carbocycles. The van der Waals surface area contributed by atoms with E-state index < -0.39 is 6.10 Å². The van der Waals surface area contributed by atoms with E-state index in [4.69, 9.17) is 4.74 Å². The Morgan fingerprint density at radius 1 is 1.40 bits per heavy atom.